The van der Waals surface area contributed by atoms with Crippen LogP contribution < -0.4 is 19.6 Å². The predicted molar refractivity (Wildman–Crippen MR) is 160 cm³/mol. The van der Waals surface area contributed by atoms with Crippen molar-refractivity contribution >= 4 is 29.1 Å². The minimum Gasteiger partial charge on any atom is -0.494 e. The van der Waals surface area contributed by atoms with E-state index in [0.717, 1.165) is 29.7 Å². The number of nitrogens with zero attached hydrogens (tertiary/aromatic N) is 3. The molecule has 0 bridgehead atoms. The summed E-state index contributed by atoms with van der Waals surface area (Å²) in [7, 11) is 0. The summed E-state index contributed by atoms with van der Waals surface area (Å²) in [5, 5.41) is 11.6. The van der Waals surface area contributed by atoms with E-state index in [2.05, 4.69) is 11.9 Å². The van der Waals surface area contributed by atoms with Gasteiger partial charge in [0.05, 0.1) is 38.9 Å². The first kappa shape index (κ1) is 28.7. The maximum atomic E-state index is 13.9. The SMILES string of the molecule is CCCCOc1ccc(C2C(C(=O)OCc3ccccc3)=C(C)N=c3sc(=Cc4ccccc4[N+](=O)[O-])c(=O)n32)cc1. The highest BCUT2D eigenvalue weighted by Crippen LogP contribution is 2.32. The molecule has 0 amide bonds. The number of benzene rings is 3. The van der Waals surface area contributed by atoms with E-state index in [9.17, 15) is 19.7 Å². The Hall–Kier alpha value is -4.83. The van der Waals surface area contributed by atoms with Crippen LogP contribution in [0.4, 0.5) is 5.69 Å². The molecule has 10 heteroatoms. The van der Waals surface area contributed by atoms with Crippen molar-refractivity contribution in [2.24, 2.45) is 4.99 Å². The van der Waals surface area contributed by atoms with Crippen molar-refractivity contribution < 1.29 is 19.2 Å². The molecule has 5 rings (SSSR count). The number of aromatic nitrogens is 1. The molecule has 0 saturated carbocycles. The maximum absolute atomic E-state index is 13.9. The summed E-state index contributed by atoms with van der Waals surface area (Å²) in [6, 6.07) is 22.0. The topological polar surface area (TPSA) is 113 Å². The molecular formula is C32H29N3O6S. The average molecular weight is 584 g/mol. The number of carbonyl (C=O) groups excluding carboxylic acids is 1. The number of nitro benzene ring substituents is 1. The Morgan fingerprint density at radius 3 is 2.50 bits per heavy atom. The van der Waals surface area contributed by atoms with Crippen molar-refractivity contribution in [1.29, 1.82) is 0 Å². The highest BCUT2D eigenvalue weighted by atomic mass is 32.1. The number of nitro groups is 1. The molecule has 214 valence electrons. The quantitative estimate of drug-likeness (QED) is 0.112. The number of rotatable bonds is 10. The molecule has 1 aliphatic rings. The fourth-order valence-corrected chi connectivity index (χ4v) is 5.73. The molecule has 1 unspecified atom stereocenters. The van der Waals surface area contributed by atoms with E-state index in [0.29, 0.717) is 34.0 Å². The van der Waals surface area contributed by atoms with Gasteiger partial charge in [0.1, 0.15) is 12.4 Å². The van der Waals surface area contributed by atoms with Crippen LogP contribution in [0.2, 0.25) is 0 Å². The van der Waals surface area contributed by atoms with Gasteiger partial charge in [0.15, 0.2) is 4.80 Å². The molecule has 1 atom stereocenters. The van der Waals surface area contributed by atoms with Gasteiger partial charge in [-0.05, 0) is 48.7 Å². The first-order valence-corrected chi connectivity index (χ1v) is 14.4. The van der Waals surface area contributed by atoms with Gasteiger partial charge in [-0.25, -0.2) is 9.79 Å². The molecule has 0 saturated heterocycles. The first-order chi connectivity index (χ1) is 20.4. The first-order valence-electron chi connectivity index (χ1n) is 13.6. The minimum atomic E-state index is -0.817. The Morgan fingerprint density at radius 1 is 1.07 bits per heavy atom. The van der Waals surface area contributed by atoms with Crippen molar-refractivity contribution in [3.63, 3.8) is 0 Å². The van der Waals surface area contributed by atoms with Gasteiger partial charge >= 0.3 is 5.97 Å². The summed E-state index contributed by atoms with van der Waals surface area (Å²) in [5.41, 5.74) is 1.96. The molecule has 0 N–H and O–H groups in total. The molecule has 0 spiro atoms. The molecule has 0 fully saturated rings. The summed E-state index contributed by atoms with van der Waals surface area (Å²) in [6.07, 6.45) is 3.44. The Morgan fingerprint density at radius 2 is 1.79 bits per heavy atom. The van der Waals surface area contributed by atoms with Crippen LogP contribution in [0.1, 0.15) is 49.4 Å². The number of esters is 1. The van der Waals surface area contributed by atoms with E-state index in [4.69, 9.17) is 9.47 Å². The maximum Gasteiger partial charge on any atom is 0.338 e. The Kier molecular flexibility index (Phi) is 8.73. The van der Waals surface area contributed by atoms with Crippen LogP contribution >= 0.6 is 11.3 Å². The molecule has 2 heterocycles. The van der Waals surface area contributed by atoms with Gasteiger partial charge in [-0.1, -0.05) is 79.3 Å². The Bertz CT molecular complexity index is 1820. The molecule has 1 aliphatic heterocycles. The summed E-state index contributed by atoms with van der Waals surface area (Å²) in [6.45, 7) is 4.46. The smallest absolute Gasteiger partial charge is 0.338 e. The van der Waals surface area contributed by atoms with Crippen LogP contribution in [-0.2, 0) is 16.1 Å². The number of hydrogen-bond donors (Lipinski definition) is 0. The molecule has 0 aliphatic carbocycles. The van der Waals surface area contributed by atoms with Gasteiger partial charge in [0.2, 0.25) is 0 Å². The third-order valence-electron chi connectivity index (χ3n) is 6.84. The lowest BCUT2D eigenvalue weighted by molar-refractivity contribution is -0.385. The lowest BCUT2D eigenvalue weighted by atomic mass is 9.96. The molecular weight excluding hydrogens is 554 g/mol. The third-order valence-corrected chi connectivity index (χ3v) is 7.82. The molecule has 3 aromatic carbocycles. The second kappa shape index (κ2) is 12.8. The molecule has 1 aromatic heterocycles. The van der Waals surface area contributed by atoms with E-state index in [1.165, 1.54) is 16.7 Å². The Balaban J connectivity index is 1.59. The van der Waals surface area contributed by atoms with Gasteiger partial charge in [-0.2, -0.15) is 0 Å². The lowest BCUT2D eigenvalue weighted by Crippen LogP contribution is -2.39. The van der Waals surface area contributed by atoms with Gasteiger partial charge in [0, 0.05) is 6.07 Å². The van der Waals surface area contributed by atoms with Crippen LogP contribution in [0.5, 0.6) is 5.75 Å². The zero-order chi connectivity index (χ0) is 29.6. The van der Waals surface area contributed by atoms with E-state index >= 15 is 0 Å². The number of allylic oxidation sites excluding steroid dienone is 1. The minimum absolute atomic E-state index is 0.0650. The van der Waals surface area contributed by atoms with Crippen molar-refractivity contribution in [3.05, 3.63) is 137 Å². The van der Waals surface area contributed by atoms with Crippen molar-refractivity contribution in [3.8, 4) is 5.75 Å². The van der Waals surface area contributed by atoms with Crippen LogP contribution in [0.3, 0.4) is 0 Å². The summed E-state index contributed by atoms with van der Waals surface area (Å²) in [5.74, 6) is 0.103. The summed E-state index contributed by atoms with van der Waals surface area (Å²) >= 11 is 1.11. The predicted octanol–water partition coefficient (Wildman–Crippen LogP) is 5.07. The number of ether oxygens (including phenoxy) is 2. The number of hydrogen-bond acceptors (Lipinski definition) is 8. The van der Waals surface area contributed by atoms with Crippen molar-refractivity contribution in [2.75, 3.05) is 6.61 Å². The zero-order valence-corrected chi connectivity index (χ0v) is 24.0. The fraction of sp³-hybridized carbons (Fsp3) is 0.219. The highest BCUT2D eigenvalue weighted by molar-refractivity contribution is 7.07. The highest BCUT2D eigenvalue weighted by Gasteiger charge is 2.33. The summed E-state index contributed by atoms with van der Waals surface area (Å²) < 4.78 is 13.2. The number of carbonyl (C=O) groups is 1. The molecule has 9 nitrogen and oxygen atoms in total. The van der Waals surface area contributed by atoms with Gasteiger partial charge in [-0.15, -0.1) is 0 Å². The summed E-state index contributed by atoms with van der Waals surface area (Å²) in [4.78, 5) is 43.6. The van der Waals surface area contributed by atoms with Crippen molar-refractivity contribution in [2.45, 2.75) is 39.3 Å². The van der Waals surface area contributed by atoms with Crippen LogP contribution in [-0.4, -0.2) is 22.1 Å². The van der Waals surface area contributed by atoms with E-state index in [1.54, 1.807) is 25.1 Å². The number of thiazole rings is 1. The molecule has 42 heavy (non-hydrogen) atoms. The second-order valence-electron chi connectivity index (χ2n) is 9.73. The Labute approximate surface area is 245 Å². The van der Waals surface area contributed by atoms with Gasteiger partial charge in [0.25, 0.3) is 11.2 Å². The number of para-hydroxylation sites is 1. The molecule has 4 aromatic rings. The monoisotopic (exact) mass is 583 g/mol. The molecule has 0 radical (unpaired) electrons. The van der Waals surface area contributed by atoms with Gasteiger partial charge < -0.3 is 9.47 Å². The second-order valence-corrected chi connectivity index (χ2v) is 10.7. The number of unbranched alkanes of at least 4 members (excludes halogenated alkanes) is 1. The fourth-order valence-electron chi connectivity index (χ4n) is 4.70. The van der Waals surface area contributed by atoms with E-state index in [-0.39, 0.29) is 22.4 Å². The normalized spacial score (nSPS) is 14.7. The third kappa shape index (κ3) is 6.08. The lowest BCUT2D eigenvalue weighted by Gasteiger charge is -2.25. The van der Waals surface area contributed by atoms with Crippen molar-refractivity contribution in [1.82, 2.24) is 4.57 Å². The van der Waals surface area contributed by atoms with Crippen LogP contribution in [0.25, 0.3) is 6.08 Å². The van der Waals surface area contributed by atoms with Crippen LogP contribution in [0, 0.1) is 10.1 Å². The number of fused-ring (bicyclic) bond motifs is 1. The average Bonchev–Trinajstić information content (AvgIpc) is 3.30. The van der Waals surface area contributed by atoms with E-state index in [1.807, 2.05) is 54.6 Å². The van der Waals surface area contributed by atoms with Crippen LogP contribution in [0.15, 0.2) is 99.9 Å². The zero-order valence-electron chi connectivity index (χ0n) is 23.2. The standard InChI is InChI=1S/C32H29N3O6S/c1-3-4-18-40-25-16-14-23(15-17-25)29-28(31(37)41-20-22-10-6-5-7-11-22)21(2)33-32-34(29)30(36)27(42-32)19-24-12-8-9-13-26(24)35(38)39/h5-17,19,29H,3-4,18,20H2,1-2H3. The largest absolute Gasteiger partial charge is 0.494 e. The van der Waals surface area contributed by atoms with Gasteiger partial charge in [-0.3, -0.25) is 19.5 Å². The van der Waals surface area contributed by atoms with E-state index < -0.39 is 22.5 Å².